The maximum atomic E-state index is 5.80. The van der Waals surface area contributed by atoms with Gasteiger partial charge in [0, 0.05) is 18.0 Å². The molecule has 0 aliphatic carbocycles. The van der Waals surface area contributed by atoms with Gasteiger partial charge in [0.2, 0.25) is 0 Å². The average Bonchev–Trinajstić information content (AvgIpc) is 2.83. The van der Waals surface area contributed by atoms with Crippen molar-refractivity contribution in [1.29, 1.82) is 0 Å². The van der Waals surface area contributed by atoms with Crippen LogP contribution in [0.4, 0.5) is 0 Å². The number of hydrogen-bond acceptors (Lipinski definition) is 4. The fourth-order valence-corrected chi connectivity index (χ4v) is 2.56. The fraction of sp³-hybridized carbons (Fsp3) is 0.667. The van der Waals surface area contributed by atoms with E-state index in [9.17, 15) is 0 Å². The first-order valence-corrected chi connectivity index (χ1v) is 6.88. The Hall–Kier alpha value is -0.420. The molecule has 0 radical (unpaired) electrons. The smallest absolute Gasteiger partial charge is 0.0600 e. The molecule has 2 heterocycles. The van der Waals surface area contributed by atoms with E-state index < -0.39 is 0 Å². The van der Waals surface area contributed by atoms with E-state index in [2.05, 4.69) is 28.1 Å². The van der Waals surface area contributed by atoms with Crippen LogP contribution >= 0.6 is 11.3 Å². The van der Waals surface area contributed by atoms with Gasteiger partial charge in [0.05, 0.1) is 12.7 Å². The molecule has 2 N–H and O–H groups in total. The molecule has 0 amide bonds. The highest BCUT2D eigenvalue weighted by atomic mass is 32.1. The lowest BCUT2D eigenvalue weighted by Crippen LogP contribution is -2.33. The Bertz CT molecular complexity index is 271. The van der Waals surface area contributed by atoms with Crippen LogP contribution in [0.3, 0.4) is 0 Å². The Morgan fingerprint density at radius 1 is 1.44 bits per heavy atom. The van der Waals surface area contributed by atoms with Gasteiger partial charge in [-0.2, -0.15) is 0 Å². The minimum absolute atomic E-state index is 0.477. The summed E-state index contributed by atoms with van der Waals surface area (Å²) in [6.45, 7) is 4.95. The van der Waals surface area contributed by atoms with Crippen molar-refractivity contribution in [3.8, 4) is 0 Å². The topological polar surface area (TPSA) is 33.3 Å². The van der Waals surface area contributed by atoms with Crippen LogP contribution in [0.15, 0.2) is 17.5 Å². The molecule has 16 heavy (non-hydrogen) atoms. The summed E-state index contributed by atoms with van der Waals surface area (Å²) < 4.78 is 5.80. The normalized spacial score (nSPS) is 17.8. The second kappa shape index (κ2) is 7.01. The van der Waals surface area contributed by atoms with Crippen molar-refractivity contribution in [2.75, 3.05) is 26.2 Å². The molecule has 0 saturated carbocycles. The number of ether oxygens (including phenoxy) is 1. The standard InChI is InChI=1S/C12H20N2OS/c1-2-12(16-9-1)10-14-7-8-15-11-3-5-13-6-4-11/h1-2,9,11,13-14H,3-8,10H2. The largest absolute Gasteiger partial charge is 0.377 e. The zero-order chi connectivity index (χ0) is 11.1. The molecule has 0 unspecified atom stereocenters. The molecule has 1 aromatic heterocycles. The molecule has 1 aliphatic heterocycles. The van der Waals surface area contributed by atoms with Gasteiger partial charge in [-0.05, 0) is 37.4 Å². The van der Waals surface area contributed by atoms with Crippen molar-refractivity contribution in [1.82, 2.24) is 10.6 Å². The quantitative estimate of drug-likeness (QED) is 0.741. The van der Waals surface area contributed by atoms with Crippen molar-refractivity contribution in [3.63, 3.8) is 0 Å². The summed E-state index contributed by atoms with van der Waals surface area (Å²) in [6, 6.07) is 4.25. The van der Waals surface area contributed by atoms with Gasteiger partial charge in [-0.25, -0.2) is 0 Å². The highest BCUT2D eigenvalue weighted by Gasteiger charge is 2.12. The third kappa shape index (κ3) is 4.22. The Balaban J connectivity index is 1.48. The fourth-order valence-electron chi connectivity index (χ4n) is 1.88. The first kappa shape index (κ1) is 12.0. The van der Waals surface area contributed by atoms with Crippen LogP contribution in [0.25, 0.3) is 0 Å². The summed E-state index contributed by atoms with van der Waals surface area (Å²) in [5.41, 5.74) is 0. The molecule has 3 nitrogen and oxygen atoms in total. The van der Waals surface area contributed by atoms with Gasteiger partial charge < -0.3 is 15.4 Å². The van der Waals surface area contributed by atoms with Crippen molar-refractivity contribution in [2.45, 2.75) is 25.5 Å². The first-order chi connectivity index (χ1) is 7.95. The van der Waals surface area contributed by atoms with E-state index in [-0.39, 0.29) is 0 Å². The minimum atomic E-state index is 0.477. The minimum Gasteiger partial charge on any atom is -0.377 e. The van der Waals surface area contributed by atoms with Crippen LogP contribution in [0.1, 0.15) is 17.7 Å². The Morgan fingerprint density at radius 2 is 2.31 bits per heavy atom. The number of thiophene rings is 1. The van der Waals surface area contributed by atoms with Crippen LogP contribution in [0, 0.1) is 0 Å². The number of piperidine rings is 1. The van der Waals surface area contributed by atoms with E-state index in [1.807, 2.05) is 0 Å². The van der Waals surface area contributed by atoms with Crippen LogP contribution in [-0.2, 0) is 11.3 Å². The number of hydrogen-bond donors (Lipinski definition) is 2. The van der Waals surface area contributed by atoms with Crippen LogP contribution in [0.5, 0.6) is 0 Å². The Morgan fingerprint density at radius 3 is 3.06 bits per heavy atom. The highest BCUT2D eigenvalue weighted by molar-refractivity contribution is 7.09. The molecule has 90 valence electrons. The van der Waals surface area contributed by atoms with Crippen LogP contribution in [-0.4, -0.2) is 32.3 Å². The summed E-state index contributed by atoms with van der Waals surface area (Å²) in [6.07, 6.45) is 2.79. The Labute approximate surface area is 101 Å². The second-order valence-corrected chi connectivity index (χ2v) is 5.11. The predicted molar refractivity (Wildman–Crippen MR) is 67.9 cm³/mol. The van der Waals surface area contributed by atoms with E-state index in [1.165, 1.54) is 4.88 Å². The summed E-state index contributed by atoms with van der Waals surface area (Å²) in [5, 5.41) is 8.85. The zero-order valence-electron chi connectivity index (χ0n) is 9.58. The lowest BCUT2D eigenvalue weighted by atomic mass is 10.1. The molecule has 0 bridgehead atoms. The third-order valence-electron chi connectivity index (χ3n) is 2.80. The monoisotopic (exact) mass is 240 g/mol. The molecule has 0 spiro atoms. The molecular weight excluding hydrogens is 220 g/mol. The van der Waals surface area contributed by atoms with Gasteiger partial charge in [0.1, 0.15) is 0 Å². The summed E-state index contributed by atoms with van der Waals surface area (Å²) in [5.74, 6) is 0. The molecular formula is C12H20N2OS. The van der Waals surface area contributed by atoms with Gasteiger partial charge in [-0.3, -0.25) is 0 Å². The molecule has 1 saturated heterocycles. The van der Waals surface area contributed by atoms with Gasteiger partial charge >= 0.3 is 0 Å². The first-order valence-electron chi connectivity index (χ1n) is 6.00. The average molecular weight is 240 g/mol. The summed E-state index contributed by atoms with van der Waals surface area (Å²) in [4.78, 5) is 1.39. The van der Waals surface area contributed by atoms with Gasteiger partial charge in [-0.1, -0.05) is 6.07 Å². The summed E-state index contributed by atoms with van der Waals surface area (Å²) in [7, 11) is 0. The highest BCUT2D eigenvalue weighted by Crippen LogP contribution is 2.08. The van der Waals surface area contributed by atoms with E-state index in [0.29, 0.717) is 6.10 Å². The second-order valence-electron chi connectivity index (χ2n) is 4.08. The molecule has 1 aliphatic rings. The zero-order valence-corrected chi connectivity index (χ0v) is 10.4. The van der Waals surface area contributed by atoms with E-state index >= 15 is 0 Å². The van der Waals surface area contributed by atoms with Crippen molar-refractivity contribution >= 4 is 11.3 Å². The van der Waals surface area contributed by atoms with Crippen molar-refractivity contribution < 1.29 is 4.74 Å². The van der Waals surface area contributed by atoms with Gasteiger partial charge in [0.25, 0.3) is 0 Å². The van der Waals surface area contributed by atoms with E-state index in [1.54, 1.807) is 11.3 Å². The molecule has 1 aromatic rings. The molecule has 0 aromatic carbocycles. The number of nitrogens with one attached hydrogen (secondary N) is 2. The van der Waals surface area contributed by atoms with Gasteiger partial charge in [-0.15, -0.1) is 11.3 Å². The van der Waals surface area contributed by atoms with Crippen molar-refractivity contribution in [3.05, 3.63) is 22.4 Å². The summed E-state index contributed by atoms with van der Waals surface area (Å²) >= 11 is 1.80. The van der Waals surface area contributed by atoms with E-state index in [0.717, 1.165) is 45.6 Å². The third-order valence-corrected chi connectivity index (χ3v) is 3.67. The molecule has 2 rings (SSSR count). The molecule has 4 heteroatoms. The maximum absolute atomic E-state index is 5.80. The van der Waals surface area contributed by atoms with Crippen LogP contribution in [0.2, 0.25) is 0 Å². The lowest BCUT2D eigenvalue weighted by molar-refractivity contribution is 0.0348. The predicted octanol–water partition coefficient (Wildman–Crippen LogP) is 1.61. The van der Waals surface area contributed by atoms with Crippen LogP contribution < -0.4 is 10.6 Å². The Kier molecular flexibility index (Phi) is 5.28. The molecule has 1 fully saturated rings. The number of rotatable bonds is 6. The van der Waals surface area contributed by atoms with Crippen molar-refractivity contribution in [2.24, 2.45) is 0 Å². The van der Waals surface area contributed by atoms with E-state index in [4.69, 9.17) is 4.74 Å². The lowest BCUT2D eigenvalue weighted by Gasteiger charge is -2.22. The maximum Gasteiger partial charge on any atom is 0.0600 e. The van der Waals surface area contributed by atoms with Gasteiger partial charge in [0.15, 0.2) is 0 Å². The SMILES string of the molecule is c1csc(CNCCOC2CCNCC2)c1. The molecule has 0 atom stereocenters.